The van der Waals surface area contributed by atoms with Crippen molar-refractivity contribution in [1.29, 1.82) is 0 Å². The van der Waals surface area contributed by atoms with Gasteiger partial charge in [-0.1, -0.05) is 36.4 Å². The highest BCUT2D eigenvalue weighted by molar-refractivity contribution is 14.0. The van der Waals surface area contributed by atoms with Crippen molar-refractivity contribution in [2.24, 2.45) is 4.99 Å². The predicted molar refractivity (Wildman–Crippen MR) is 120 cm³/mol. The molecule has 1 unspecified atom stereocenters. The van der Waals surface area contributed by atoms with E-state index in [4.69, 9.17) is 4.74 Å². The Bertz CT molecular complexity index is 764. The zero-order valence-electron chi connectivity index (χ0n) is 16.3. The number of ether oxygens (including phenoxy) is 2. The molecule has 0 radical (unpaired) electrons. The maximum atomic E-state index is 12.5. The molecule has 6 nitrogen and oxygen atoms in total. The Labute approximate surface area is 186 Å². The maximum absolute atomic E-state index is 12.5. The van der Waals surface area contributed by atoms with Gasteiger partial charge in [0.05, 0.1) is 13.7 Å². The smallest absolute Gasteiger partial charge is 0.387 e. The summed E-state index contributed by atoms with van der Waals surface area (Å²) >= 11 is 0. The summed E-state index contributed by atoms with van der Waals surface area (Å²) in [5.74, 6) is 0.665. The van der Waals surface area contributed by atoms with Crippen LogP contribution in [-0.2, 0) is 6.54 Å². The molecule has 2 aromatic carbocycles. The number of aliphatic hydroxyl groups is 1. The summed E-state index contributed by atoms with van der Waals surface area (Å²) in [4.78, 5) is 4.14. The summed E-state index contributed by atoms with van der Waals surface area (Å²) in [6, 6.07) is 14.5. The number of nitrogens with one attached hydrogen (secondary N) is 2. The van der Waals surface area contributed by atoms with Crippen molar-refractivity contribution in [1.82, 2.24) is 10.6 Å². The summed E-state index contributed by atoms with van der Waals surface area (Å²) < 4.78 is 34.6. The van der Waals surface area contributed by atoms with Crippen LogP contribution < -0.4 is 20.1 Å². The first-order chi connectivity index (χ1) is 13.6. The Morgan fingerprint density at radius 3 is 2.41 bits per heavy atom. The fourth-order valence-electron chi connectivity index (χ4n) is 2.66. The van der Waals surface area contributed by atoms with Crippen LogP contribution >= 0.6 is 24.0 Å². The van der Waals surface area contributed by atoms with Gasteiger partial charge in [0.1, 0.15) is 0 Å². The SMILES string of the molecule is CN=C(NCc1ccc(OC)c(OC(F)F)c1)NCC(CO)c1ccccc1.I. The summed E-state index contributed by atoms with van der Waals surface area (Å²) in [7, 11) is 3.02. The Kier molecular flexibility index (Phi) is 11.3. The molecule has 3 N–H and O–H groups in total. The fraction of sp³-hybridized carbons (Fsp3) is 0.350. The predicted octanol–water partition coefficient (Wildman–Crippen LogP) is 3.36. The van der Waals surface area contributed by atoms with Crippen molar-refractivity contribution in [2.45, 2.75) is 19.1 Å². The lowest BCUT2D eigenvalue weighted by atomic mass is 10.0. The molecule has 1 atom stereocenters. The number of guanidine groups is 1. The fourth-order valence-corrected chi connectivity index (χ4v) is 2.66. The zero-order chi connectivity index (χ0) is 20.4. The highest BCUT2D eigenvalue weighted by Gasteiger charge is 2.13. The number of benzene rings is 2. The van der Waals surface area contributed by atoms with Gasteiger partial charge in [0.15, 0.2) is 17.5 Å². The van der Waals surface area contributed by atoms with Crippen LogP contribution in [0, 0.1) is 0 Å². The number of rotatable bonds is 9. The summed E-state index contributed by atoms with van der Waals surface area (Å²) in [5.41, 5.74) is 1.75. The minimum absolute atomic E-state index is 0. The van der Waals surface area contributed by atoms with Gasteiger partial charge < -0.3 is 25.2 Å². The lowest BCUT2D eigenvalue weighted by molar-refractivity contribution is -0.0512. The third kappa shape index (κ3) is 8.01. The Hall–Kier alpha value is -2.14. The third-order valence-corrected chi connectivity index (χ3v) is 4.13. The van der Waals surface area contributed by atoms with E-state index in [1.807, 2.05) is 30.3 Å². The number of halogens is 3. The number of methoxy groups -OCH3 is 1. The molecule has 0 saturated carbocycles. The summed E-state index contributed by atoms with van der Waals surface area (Å²) in [5, 5.41) is 15.9. The van der Waals surface area contributed by atoms with Crippen LogP contribution in [-0.4, -0.2) is 45.0 Å². The van der Waals surface area contributed by atoms with Crippen LogP contribution in [0.4, 0.5) is 8.78 Å². The highest BCUT2D eigenvalue weighted by Crippen LogP contribution is 2.29. The molecule has 2 rings (SSSR count). The Morgan fingerprint density at radius 1 is 1.10 bits per heavy atom. The van der Waals surface area contributed by atoms with Gasteiger partial charge in [0, 0.05) is 26.1 Å². The van der Waals surface area contributed by atoms with Crippen molar-refractivity contribution in [3.63, 3.8) is 0 Å². The number of alkyl halides is 2. The van der Waals surface area contributed by atoms with Crippen molar-refractivity contribution in [3.8, 4) is 11.5 Å². The van der Waals surface area contributed by atoms with E-state index < -0.39 is 6.61 Å². The van der Waals surface area contributed by atoms with Gasteiger partial charge in [-0.15, -0.1) is 24.0 Å². The van der Waals surface area contributed by atoms with Gasteiger partial charge in [-0.25, -0.2) is 0 Å². The molecular formula is C20H26F2IN3O3. The quantitative estimate of drug-likeness (QED) is 0.268. The molecule has 0 saturated heterocycles. The molecule has 9 heteroatoms. The summed E-state index contributed by atoms with van der Waals surface area (Å²) in [6.45, 7) is -2.10. The van der Waals surface area contributed by atoms with Crippen LogP contribution in [0.1, 0.15) is 17.0 Å². The molecule has 160 valence electrons. The van der Waals surface area contributed by atoms with Crippen LogP contribution in [0.2, 0.25) is 0 Å². The lowest BCUT2D eigenvalue weighted by Gasteiger charge is -2.18. The molecule has 0 heterocycles. The van der Waals surface area contributed by atoms with E-state index in [-0.39, 0.29) is 48.0 Å². The first kappa shape index (κ1) is 24.9. The molecule has 0 spiro atoms. The van der Waals surface area contributed by atoms with Crippen molar-refractivity contribution in [3.05, 3.63) is 59.7 Å². The van der Waals surface area contributed by atoms with E-state index in [0.29, 0.717) is 19.0 Å². The van der Waals surface area contributed by atoms with Crippen LogP contribution in [0.15, 0.2) is 53.5 Å². The highest BCUT2D eigenvalue weighted by atomic mass is 127. The number of hydrogen-bond donors (Lipinski definition) is 3. The molecule has 0 bridgehead atoms. The first-order valence-corrected chi connectivity index (χ1v) is 8.79. The van der Waals surface area contributed by atoms with Gasteiger partial charge in [-0.05, 0) is 23.3 Å². The van der Waals surface area contributed by atoms with E-state index in [0.717, 1.165) is 11.1 Å². The van der Waals surface area contributed by atoms with Crippen LogP contribution in [0.25, 0.3) is 0 Å². The summed E-state index contributed by atoms with van der Waals surface area (Å²) in [6.07, 6.45) is 0. The maximum Gasteiger partial charge on any atom is 0.387 e. The van der Waals surface area contributed by atoms with Crippen LogP contribution in [0.5, 0.6) is 11.5 Å². The largest absolute Gasteiger partial charge is 0.493 e. The number of aliphatic hydroxyl groups excluding tert-OH is 1. The molecule has 0 aliphatic rings. The van der Waals surface area contributed by atoms with Gasteiger partial charge in [0.25, 0.3) is 0 Å². The van der Waals surface area contributed by atoms with E-state index >= 15 is 0 Å². The first-order valence-electron chi connectivity index (χ1n) is 8.79. The number of hydrogen-bond acceptors (Lipinski definition) is 4. The normalized spacial score (nSPS) is 12.1. The monoisotopic (exact) mass is 521 g/mol. The van der Waals surface area contributed by atoms with Gasteiger partial charge in [-0.2, -0.15) is 8.78 Å². The molecule has 29 heavy (non-hydrogen) atoms. The Balaban J connectivity index is 0.00000420. The molecule has 0 aliphatic heterocycles. The molecule has 0 amide bonds. The molecule has 0 aliphatic carbocycles. The average molecular weight is 521 g/mol. The topological polar surface area (TPSA) is 75.1 Å². The third-order valence-electron chi connectivity index (χ3n) is 4.13. The minimum atomic E-state index is -2.93. The van der Waals surface area contributed by atoms with Crippen molar-refractivity contribution < 1.29 is 23.4 Å². The van der Waals surface area contributed by atoms with Gasteiger partial charge >= 0.3 is 6.61 Å². The second-order valence-corrected chi connectivity index (χ2v) is 5.96. The molecular weight excluding hydrogens is 495 g/mol. The van der Waals surface area contributed by atoms with E-state index in [2.05, 4.69) is 20.4 Å². The molecule has 2 aromatic rings. The second-order valence-electron chi connectivity index (χ2n) is 5.96. The molecule has 0 aromatic heterocycles. The minimum Gasteiger partial charge on any atom is -0.493 e. The van der Waals surface area contributed by atoms with E-state index in [9.17, 15) is 13.9 Å². The standard InChI is InChI=1S/C20H25F2N3O3.HI/c1-23-20(25-12-16(13-26)15-6-4-3-5-7-15)24-11-14-8-9-17(27-2)18(10-14)28-19(21)22;/h3-10,16,19,26H,11-13H2,1-2H3,(H2,23,24,25);1H. The van der Waals surface area contributed by atoms with Crippen LogP contribution in [0.3, 0.4) is 0 Å². The lowest BCUT2D eigenvalue weighted by Crippen LogP contribution is -2.39. The number of nitrogens with zero attached hydrogens (tertiary/aromatic N) is 1. The second kappa shape index (κ2) is 13.2. The average Bonchev–Trinajstić information content (AvgIpc) is 2.71. The number of aliphatic imine (C=N–C) groups is 1. The van der Waals surface area contributed by atoms with Crippen molar-refractivity contribution in [2.75, 3.05) is 27.3 Å². The molecule has 0 fully saturated rings. The van der Waals surface area contributed by atoms with Gasteiger partial charge in [0.2, 0.25) is 0 Å². The zero-order valence-corrected chi connectivity index (χ0v) is 18.6. The Morgan fingerprint density at radius 2 is 1.83 bits per heavy atom. The van der Waals surface area contributed by atoms with Gasteiger partial charge in [-0.3, -0.25) is 4.99 Å². The van der Waals surface area contributed by atoms with Crippen molar-refractivity contribution >= 4 is 29.9 Å². The van der Waals surface area contributed by atoms with E-state index in [1.165, 1.54) is 13.2 Å². The van der Waals surface area contributed by atoms with E-state index in [1.54, 1.807) is 19.2 Å².